The van der Waals surface area contributed by atoms with Crippen molar-refractivity contribution in [2.45, 2.75) is 26.2 Å². The summed E-state index contributed by atoms with van der Waals surface area (Å²) in [6, 6.07) is 6.86. The van der Waals surface area contributed by atoms with Crippen molar-refractivity contribution in [2.75, 3.05) is 32.7 Å². The van der Waals surface area contributed by atoms with Crippen LogP contribution < -0.4 is 0 Å². The number of rotatable bonds is 5. The van der Waals surface area contributed by atoms with Crippen molar-refractivity contribution in [1.82, 2.24) is 19.8 Å². The summed E-state index contributed by atoms with van der Waals surface area (Å²) in [6.45, 7) is 5.94. The highest BCUT2D eigenvalue weighted by molar-refractivity contribution is 5.80. The zero-order valence-electron chi connectivity index (χ0n) is 16.9. The van der Waals surface area contributed by atoms with E-state index in [-0.39, 0.29) is 11.7 Å². The summed E-state index contributed by atoms with van der Waals surface area (Å²) in [5, 5.41) is 0. The zero-order valence-corrected chi connectivity index (χ0v) is 16.9. The number of benzene rings is 1. The molecule has 1 aromatic carbocycles. The molecule has 1 unspecified atom stereocenters. The predicted molar refractivity (Wildman–Crippen MR) is 111 cm³/mol. The molecule has 3 heterocycles. The molecule has 1 aromatic heterocycles. The van der Waals surface area contributed by atoms with Crippen LogP contribution in [0.2, 0.25) is 0 Å². The SMILES string of the molecule is CCC1CCN(CC(=O)N2CC=C(c3ccc(-c4ncccn4)cc3F)CC2)C1. The molecular formula is C23H27FN4O. The Balaban J connectivity index is 1.39. The van der Waals surface area contributed by atoms with Gasteiger partial charge in [-0.2, -0.15) is 0 Å². The Labute approximate surface area is 171 Å². The van der Waals surface area contributed by atoms with E-state index in [4.69, 9.17) is 0 Å². The van der Waals surface area contributed by atoms with Gasteiger partial charge in [-0.15, -0.1) is 0 Å². The van der Waals surface area contributed by atoms with Crippen molar-refractivity contribution >= 4 is 11.5 Å². The Bertz CT molecular complexity index is 899. The summed E-state index contributed by atoms with van der Waals surface area (Å²) < 4.78 is 14.7. The standard InChI is InChI=1S/C23H27FN4O/c1-2-17-6-11-27(15-17)16-22(29)28-12-7-18(8-13-28)20-5-4-19(14-21(20)24)23-25-9-3-10-26-23/h3-5,7,9-10,14,17H,2,6,8,11-13,15-16H2,1H3. The van der Waals surface area contributed by atoms with E-state index in [0.29, 0.717) is 43.0 Å². The van der Waals surface area contributed by atoms with Crippen LogP contribution in [0.4, 0.5) is 4.39 Å². The first-order valence-electron chi connectivity index (χ1n) is 10.4. The van der Waals surface area contributed by atoms with Crippen LogP contribution in [0.3, 0.4) is 0 Å². The van der Waals surface area contributed by atoms with E-state index < -0.39 is 0 Å². The van der Waals surface area contributed by atoms with Gasteiger partial charge in [0.1, 0.15) is 5.82 Å². The molecule has 0 saturated carbocycles. The van der Waals surface area contributed by atoms with Crippen LogP contribution in [0, 0.1) is 11.7 Å². The Morgan fingerprint density at radius 2 is 2.07 bits per heavy atom. The summed E-state index contributed by atoms with van der Waals surface area (Å²) in [5.41, 5.74) is 2.22. The van der Waals surface area contributed by atoms with Crippen LogP contribution >= 0.6 is 0 Å². The number of aromatic nitrogens is 2. The maximum Gasteiger partial charge on any atom is 0.237 e. The number of likely N-dealkylation sites (tertiary alicyclic amines) is 1. The number of carbonyl (C=O) groups excluding carboxylic acids is 1. The van der Waals surface area contributed by atoms with Gasteiger partial charge in [-0.05, 0) is 43.0 Å². The average Bonchev–Trinajstić information content (AvgIpc) is 3.22. The van der Waals surface area contributed by atoms with E-state index in [1.807, 2.05) is 17.0 Å². The van der Waals surface area contributed by atoms with Gasteiger partial charge in [-0.25, -0.2) is 14.4 Å². The van der Waals surface area contributed by atoms with Crippen molar-refractivity contribution in [3.8, 4) is 11.4 Å². The van der Waals surface area contributed by atoms with E-state index >= 15 is 0 Å². The highest BCUT2D eigenvalue weighted by Gasteiger charge is 2.26. The van der Waals surface area contributed by atoms with Crippen LogP contribution in [-0.2, 0) is 4.79 Å². The van der Waals surface area contributed by atoms with E-state index in [9.17, 15) is 9.18 Å². The summed E-state index contributed by atoms with van der Waals surface area (Å²) >= 11 is 0. The molecule has 0 N–H and O–H groups in total. The summed E-state index contributed by atoms with van der Waals surface area (Å²) in [5.74, 6) is 1.14. The highest BCUT2D eigenvalue weighted by atomic mass is 19.1. The molecular weight excluding hydrogens is 367 g/mol. The second-order valence-electron chi connectivity index (χ2n) is 7.88. The molecule has 6 heteroatoms. The van der Waals surface area contributed by atoms with Gasteiger partial charge < -0.3 is 4.90 Å². The van der Waals surface area contributed by atoms with Gasteiger partial charge in [0.15, 0.2) is 5.82 Å². The molecule has 2 aliphatic rings. The van der Waals surface area contributed by atoms with Crippen LogP contribution in [0.25, 0.3) is 17.0 Å². The lowest BCUT2D eigenvalue weighted by Gasteiger charge is -2.28. The summed E-state index contributed by atoms with van der Waals surface area (Å²) in [7, 11) is 0. The molecule has 2 aliphatic heterocycles. The molecule has 29 heavy (non-hydrogen) atoms. The van der Waals surface area contributed by atoms with Crippen LogP contribution in [-0.4, -0.2) is 58.4 Å². The minimum absolute atomic E-state index is 0.175. The molecule has 1 fully saturated rings. The van der Waals surface area contributed by atoms with Crippen LogP contribution in [0.15, 0.2) is 42.7 Å². The van der Waals surface area contributed by atoms with Gasteiger partial charge >= 0.3 is 0 Å². The van der Waals surface area contributed by atoms with Gasteiger partial charge in [-0.1, -0.05) is 31.6 Å². The fourth-order valence-corrected chi connectivity index (χ4v) is 4.18. The second-order valence-corrected chi connectivity index (χ2v) is 7.88. The number of carbonyl (C=O) groups is 1. The lowest BCUT2D eigenvalue weighted by Crippen LogP contribution is -2.41. The van der Waals surface area contributed by atoms with Crippen LogP contribution in [0.1, 0.15) is 31.7 Å². The molecule has 1 amide bonds. The molecule has 2 aromatic rings. The van der Waals surface area contributed by atoms with E-state index in [1.54, 1.807) is 24.5 Å². The van der Waals surface area contributed by atoms with Gasteiger partial charge in [-0.3, -0.25) is 9.69 Å². The molecule has 0 aliphatic carbocycles. The summed E-state index contributed by atoms with van der Waals surface area (Å²) in [6.07, 6.45) is 8.32. The molecule has 5 nitrogen and oxygen atoms in total. The molecule has 1 atom stereocenters. The largest absolute Gasteiger partial charge is 0.338 e. The number of hydrogen-bond donors (Lipinski definition) is 0. The Kier molecular flexibility index (Phi) is 6.00. The van der Waals surface area contributed by atoms with Crippen molar-refractivity contribution in [3.63, 3.8) is 0 Å². The minimum Gasteiger partial charge on any atom is -0.338 e. The first kappa shape index (κ1) is 19.7. The molecule has 4 rings (SSSR count). The van der Waals surface area contributed by atoms with Gasteiger partial charge in [0.25, 0.3) is 0 Å². The van der Waals surface area contributed by atoms with Gasteiger partial charge in [0.05, 0.1) is 6.54 Å². The summed E-state index contributed by atoms with van der Waals surface area (Å²) in [4.78, 5) is 25.1. The van der Waals surface area contributed by atoms with Crippen molar-refractivity contribution in [1.29, 1.82) is 0 Å². The van der Waals surface area contributed by atoms with Gasteiger partial charge in [0.2, 0.25) is 5.91 Å². The van der Waals surface area contributed by atoms with Gasteiger partial charge in [0, 0.05) is 43.2 Å². The lowest BCUT2D eigenvalue weighted by molar-refractivity contribution is -0.131. The third-order valence-electron chi connectivity index (χ3n) is 6.01. The fourth-order valence-electron chi connectivity index (χ4n) is 4.18. The third-order valence-corrected chi connectivity index (χ3v) is 6.01. The smallest absolute Gasteiger partial charge is 0.237 e. The minimum atomic E-state index is -0.274. The van der Waals surface area contributed by atoms with E-state index in [1.165, 1.54) is 18.9 Å². The average molecular weight is 394 g/mol. The monoisotopic (exact) mass is 394 g/mol. The maximum absolute atomic E-state index is 14.7. The zero-order chi connectivity index (χ0) is 20.2. The third kappa shape index (κ3) is 4.53. The molecule has 0 bridgehead atoms. The number of amides is 1. The van der Waals surface area contributed by atoms with E-state index in [0.717, 1.165) is 24.6 Å². The maximum atomic E-state index is 14.7. The Hall–Kier alpha value is -2.60. The van der Waals surface area contributed by atoms with Crippen molar-refractivity contribution in [3.05, 3.63) is 54.1 Å². The van der Waals surface area contributed by atoms with Crippen LogP contribution in [0.5, 0.6) is 0 Å². The predicted octanol–water partition coefficient (Wildman–Crippen LogP) is 3.63. The number of hydrogen-bond acceptors (Lipinski definition) is 4. The van der Waals surface area contributed by atoms with Crippen molar-refractivity contribution in [2.24, 2.45) is 5.92 Å². The number of nitrogens with zero attached hydrogens (tertiary/aromatic N) is 4. The molecule has 1 saturated heterocycles. The van der Waals surface area contributed by atoms with Crippen molar-refractivity contribution < 1.29 is 9.18 Å². The fraction of sp³-hybridized carbons (Fsp3) is 0.435. The first-order chi connectivity index (χ1) is 14.1. The highest BCUT2D eigenvalue weighted by Crippen LogP contribution is 2.28. The normalized spacial score (nSPS) is 20.0. The topological polar surface area (TPSA) is 49.3 Å². The molecule has 152 valence electrons. The Morgan fingerprint density at radius 3 is 2.72 bits per heavy atom. The lowest BCUT2D eigenvalue weighted by atomic mass is 9.97. The quantitative estimate of drug-likeness (QED) is 0.777. The molecule has 0 radical (unpaired) electrons. The Morgan fingerprint density at radius 1 is 1.24 bits per heavy atom. The first-order valence-corrected chi connectivity index (χ1v) is 10.4. The second kappa shape index (κ2) is 8.82. The number of halogens is 1. The van der Waals surface area contributed by atoms with E-state index in [2.05, 4.69) is 21.8 Å². The molecule has 0 spiro atoms.